The SMILES string of the molecule is COc1ccccc1N[C@@H](c1nnc(-c2ccccc2)o1)c1ccccc1F. The van der Waals surface area contributed by atoms with Crippen molar-refractivity contribution in [2.45, 2.75) is 6.04 Å². The molecule has 0 radical (unpaired) electrons. The number of hydrogen-bond acceptors (Lipinski definition) is 5. The Balaban J connectivity index is 1.76. The molecule has 0 aliphatic rings. The van der Waals surface area contributed by atoms with E-state index in [9.17, 15) is 4.39 Å². The van der Waals surface area contributed by atoms with Gasteiger partial charge in [-0.1, -0.05) is 48.5 Å². The number of benzene rings is 3. The van der Waals surface area contributed by atoms with Crippen molar-refractivity contribution >= 4 is 5.69 Å². The highest BCUT2D eigenvalue weighted by Gasteiger charge is 2.25. The maximum absolute atomic E-state index is 14.6. The first-order valence-electron chi connectivity index (χ1n) is 8.79. The zero-order chi connectivity index (χ0) is 19.3. The third-order valence-electron chi connectivity index (χ3n) is 4.33. The second-order valence-electron chi connectivity index (χ2n) is 6.11. The summed E-state index contributed by atoms with van der Waals surface area (Å²) in [5.41, 5.74) is 1.89. The van der Waals surface area contributed by atoms with E-state index in [1.165, 1.54) is 6.07 Å². The number of aromatic nitrogens is 2. The van der Waals surface area contributed by atoms with Gasteiger partial charge in [-0.25, -0.2) is 4.39 Å². The number of halogens is 1. The zero-order valence-corrected chi connectivity index (χ0v) is 15.2. The van der Waals surface area contributed by atoms with Crippen molar-refractivity contribution in [3.63, 3.8) is 0 Å². The summed E-state index contributed by atoms with van der Waals surface area (Å²) in [7, 11) is 1.58. The van der Waals surface area contributed by atoms with Crippen LogP contribution in [0.1, 0.15) is 17.5 Å². The average molecular weight is 375 g/mol. The van der Waals surface area contributed by atoms with Crippen LogP contribution in [0.2, 0.25) is 0 Å². The third kappa shape index (κ3) is 3.57. The standard InChI is InChI=1S/C22H18FN3O2/c1-27-19-14-8-7-13-18(19)24-20(16-11-5-6-12-17(16)23)22-26-25-21(28-22)15-9-3-2-4-10-15/h2-14,20,24H,1H3/t20-/m1/s1. The molecule has 1 N–H and O–H groups in total. The fraction of sp³-hybridized carbons (Fsp3) is 0.0909. The number of ether oxygens (including phenoxy) is 1. The molecule has 28 heavy (non-hydrogen) atoms. The Hall–Kier alpha value is -3.67. The molecule has 0 spiro atoms. The summed E-state index contributed by atoms with van der Waals surface area (Å²) in [5, 5.41) is 11.6. The highest BCUT2D eigenvalue weighted by atomic mass is 19.1. The van der Waals surface area contributed by atoms with Crippen molar-refractivity contribution in [3.8, 4) is 17.2 Å². The van der Waals surface area contributed by atoms with Crippen LogP contribution in [0.25, 0.3) is 11.5 Å². The molecule has 3 aromatic carbocycles. The van der Waals surface area contributed by atoms with E-state index >= 15 is 0 Å². The molecule has 1 aromatic heterocycles. The predicted octanol–water partition coefficient (Wildman–Crippen LogP) is 5.09. The molecule has 1 heterocycles. The Kier molecular flexibility index (Phi) is 5.01. The Morgan fingerprint density at radius 2 is 1.61 bits per heavy atom. The molecule has 0 bridgehead atoms. The van der Waals surface area contributed by atoms with Crippen LogP contribution in [-0.4, -0.2) is 17.3 Å². The average Bonchev–Trinajstić information content (AvgIpc) is 3.23. The van der Waals surface area contributed by atoms with E-state index in [1.54, 1.807) is 25.3 Å². The van der Waals surface area contributed by atoms with E-state index in [2.05, 4.69) is 15.5 Å². The summed E-state index contributed by atoms with van der Waals surface area (Å²) in [6.45, 7) is 0. The molecule has 140 valence electrons. The largest absolute Gasteiger partial charge is 0.495 e. The lowest BCUT2D eigenvalue weighted by Gasteiger charge is -2.19. The maximum Gasteiger partial charge on any atom is 0.247 e. The van der Waals surface area contributed by atoms with Crippen molar-refractivity contribution < 1.29 is 13.5 Å². The van der Waals surface area contributed by atoms with E-state index < -0.39 is 6.04 Å². The Bertz CT molecular complexity index is 1070. The molecular weight excluding hydrogens is 357 g/mol. The lowest BCUT2D eigenvalue weighted by molar-refractivity contribution is 0.415. The molecule has 0 fully saturated rings. The van der Waals surface area contributed by atoms with Gasteiger partial charge in [0.15, 0.2) is 0 Å². The fourth-order valence-electron chi connectivity index (χ4n) is 2.95. The van der Waals surface area contributed by atoms with E-state index in [1.807, 2.05) is 54.6 Å². The molecule has 1 atom stereocenters. The molecule has 4 rings (SSSR count). The molecule has 0 aliphatic heterocycles. The lowest BCUT2D eigenvalue weighted by atomic mass is 10.1. The van der Waals surface area contributed by atoms with Gasteiger partial charge in [0, 0.05) is 11.1 Å². The fourth-order valence-corrected chi connectivity index (χ4v) is 2.95. The molecule has 0 unspecified atom stereocenters. The van der Waals surface area contributed by atoms with Gasteiger partial charge in [-0.05, 0) is 30.3 Å². The number of nitrogens with one attached hydrogen (secondary N) is 1. The van der Waals surface area contributed by atoms with E-state index in [0.717, 1.165) is 5.56 Å². The van der Waals surface area contributed by atoms with Crippen LogP contribution in [0.15, 0.2) is 83.3 Å². The summed E-state index contributed by atoms with van der Waals surface area (Å²) in [4.78, 5) is 0. The first-order valence-corrected chi connectivity index (χ1v) is 8.79. The second-order valence-corrected chi connectivity index (χ2v) is 6.11. The van der Waals surface area contributed by atoms with Crippen LogP contribution in [0, 0.1) is 5.82 Å². The maximum atomic E-state index is 14.6. The number of methoxy groups -OCH3 is 1. The topological polar surface area (TPSA) is 60.2 Å². The number of rotatable bonds is 6. The van der Waals surface area contributed by atoms with Crippen LogP contribution in [-0.2, 0) is 0 Å². The summed E-state index contributed by atoms with van der Waals surface area (Å²) in [5.74, 6) is 0.898. The van der Waals surface area contributed by atoms with Crippen molar-refractivity contribution in [2.75, 3.05) is 12.4 Å². The van der Waals surface area contributed by atoms with E-state index in [0.29, 0.717) is 22.9 Å². The molecule has 4 aromatic rings. The smallest absolute Gasteiger partial charge is 0.247 e. The van der Waals surface area contributed by atoms with Crippen molar-refractivity contribution in [2.24, 2.45) is 0 Å². The highest BCUT2D eigenvalue weighted by molar-refractivity contribution is 5.58. The Labute approximate surface area is 161 Å². The summed E-state index contributed by atoms with van der Waals surface area (Å²) >= 11 is 0. The minimum absolute atomic E-state index is 0.259. The van der Waals surface area contributed by atoms with Crippen LogP contribution in [0.5, 0.6) is 5.75 Å². The molecule has 0 saturated carbocycles. The first-order chi connectivity index (χ1) is 13.8. The minimum Gasteiger partial charge on any atom is -0.495 e. The molecule has 0 saturated heterocycles. The van der Waals surface area contributed by atoms with Gasteiger partial charge in [0.25, 0.3) is 0 Å². The zero-order valence-electron chi connectivity index (χ0n) is 15.2. The quantitative estimate of drug-likeness (QED) is 0.509. The molecule has 5 nitrogen and oxygen atoms in total. The van der Waals surface area contributed by atoms with Crippen LogP contribution in [0.4, 0.5) is 10.1 Å². The van der Waals surface area contributed by atoms with Crippen molar-refractivity contribution in [1.29, 1.82) is 0 Å². The first kappa shape index (κ1) is 17.7. The number of hydrogen-bond donors (Lipinski definition) is 1. The van der Waals surface area contributed by atoms with Gasteiger partial charge in [-0.2, -0.15) is 0 Å². The van der Waals surface area contributed by atoms with Gasteiger partial charge < -0.3 is 14.5 Å². The number of para-hydroxylation sites is 2. The normalized spacial score (nSPS) is 11.8. The summed E-state index contributed by atoms with van der Waals surface area (Å²) in [6, 6.07) is 22.7. The number of anilines is 1. The van der Waals surface area contributed by atoms with Gasteiger partial charge in [0.1, 0.15) is 17.6 Å². The minimum atomic E-state index is -0.678. The Morgan fingerprint density at radius 1 is 0.893 bits per heavy atom. The van der Waals surface area contributed by atoms with Crippen LogP contribution < -0.4 is 10.1 Å². The third-order valence-corrected chi connectivity index (χ3v) is 4.33. The molecular formula is C22H18FN3O2. The van der Waals surface area contributed by atoms with Crippen molar-refractivity contribution in [1.82, 2.24) is 10.2 Å². The van der Waals surface area contributed by atoms with E-state index in [-0.39, 0.29) is 11.7 Å². The molecule has 0 aliphatic carbocycles. The molecule has 0 amide bonds. The van der Waals surface area contributed by atoms with Gasteiger partial charge >= 0.3 is 0 Å². The van der Waals surface area contributed by atoms with Crippen LogP contribution in [0.3, 0.4) is 0 Å². The Morgan fingerprint density at radius 3 is 2.39 bits per heavy atom. The van der Waals surface area contributed by atoms with Gasteiger partial charge in [0.05, 0.1) is 12.8 Å². The van der Waals surface area contributed by atoms with Gasteiger partial charge in [-0.15, -0.1) is 10.2 Å². The van der Waals surface area contributed by atoms with Gasteiger partial charge in [-0.3, -0.25) is 0 Å². The molecule has 6 heteroatoms. The lowest BCUT2D eigenvalue weighted by Crippen LogP contribution is -2.15. The monoisotopic (exact) mass is 375 g/mol. The summed E-state index contributed by atoms with van der Waals surface area (Å²) < 4.78 is 25.9. The van der Waals surface area contributed by atoms with Crippen LogP contribution >= 0.6 is 0 Å². The highest BCUT2D eigenvalue weighted by Crippen LogP contribution is 2.33. The summed E-state index contributed by atoms with van der Waals surface area (Å²) in [6.07, 6.45) is 0. The second kappa shape index (κ2) is 7.92. The van der Waals surface area contributed by atoms with E-state index in [4.69, 9.17) is 9.15 Å². The number of nitrogens with zero attached hydrogens (tertiary/aromatic N) is 2. The van der Waals surface area contributed by atoms with Crippen molar-refractivity contribution in [3.05, 3.63) is 96.1 Å². The van der Waals surface area contributed by atoms with Gasteiger partial charge in [0.2, 0.25) is 11.8 Å². The predicted molar refractivity (Wildman–Crippen MR) is 105 cm³/mol.